The summed E-state index contributed by atoms with van der Waals surface area (Å²) in [7, 11) is 0. The Morgan fingerprint density at radius 2 is 0.818 bits per heavy atom. The molecule has 4 heterocycles. The molecule has 1 aliphatic carbocycles. The van der Waals surface area contributed by atoms with Gasteiger partial charge in [-0.2, -0.15) is 26.3 Å². The number of aryl methyl sites for hydroxylation is 6. The van der Waals surface area contributed by atoms with E-state index in [2.05, 4.69) is 47.2 Å². The summed E-state index contributed by atoms with van der Waals surface area (Å²) in [5.41, 5.74) is 4.45. The molecular formula is C45H36F6N2S2. The summed E-state index contributed by atoms with van der Waals surface area (Å²) in [6.45, 7) is 12.7. The molecule has 10 heteroatoms. The van der Waals surface area contributed by atoms with Crippen LogP contribution in [0.1, 0.15) is 45.9 Å². The zero-order chi connectivity index (χ0) is 38.9. The van der Waals surface area contributed by atoms with E-state index in [1.165, 1.54) is 26.0 Å². The molecule has 0 aliphatic heterocycles. The number of rotatable bonds is 6. The monoisotopic (exact) mass is 782 g/mol. The first-order valence-electron chi connectivity index (χ1n) is 18.2. The van der Waals surface area contributed by atoms with Crippen molar-refractivity contribution in [2.24, 2.45) is 0 Å². The maximum Gasteiger partial charge on any atom is 0.380 e. The fraction of sp³-hybridized carbons (Fsp3) is 0.244. The summed E-state index contributed by atoms with van der Waals surface area (Å²) in [5, 5.41) is 3.99. The third-order valence-corrected chi connectivity index (χ3v) is 13.5. The molecule has 4 aromatic carbocycles. The highest BCUT2D eigenvalue weighted by molar-refractivity contribution is 7.16. The quantitative estimate of drug-likeness (QED) is 0.149. The molecule has 0 unspecified atom stereocenters. The van der Waals surface area contributed by atoms with Crippen LogP contribution in [-0.2, 0) is 13.1 Å². The average molecular weight is 783 g/mol. The number of hydrogen-bond donors (Lipinski definition) is 0. The van der Waals surface area contributed by atoms with Gasteiger partial charge in [-0.25, -0.2) is 0 Å². The van der Waals surface area contributed by atoms with E-state index in [1.54, 1.807) is 0 Å². The number of nitrogens with zero attached hydrogens (tertiary/aromatic N) is 2. The lowest BCUT2D eigenvalue weighted by atomic mass is 9.94. The number of allylic oxidation sites excluding steroid dienone is 2. The molecule has 0 saturated heterocycles. The second-order valence-electron chi connectivity index (χ2n) is 14.6. The van der Waals surface area contributed by atoms with Crippen molar-refractivity contribution in [3.63, 3.8) is 0 Å². The summed E-state index contributed by atoms with van der Waals surface area (Å²) < 4.78 is 100.0. The van der Waals surface area contributed by atoms with E-state index in [0.717, 1.165) is 90.5 Å². The molecule has 9 rings (SSSR count). The van der Waals surface area contributed by atoms with Gasteiger partial charge < -0.3 is 9.13 Å². The van der Waals surface area contributed by atoms with E-state index in [0.29, 0.717) is 20.9 Å². The van der Waals surface area contributed by atoms with E-state index in [1.807, 2.05) is 62.4 Å². The van der Waals surface area contributed by atoms with Gasteiger partial charge in [0, 0.05) is 87.4 Å². The van der Waals surface area contributed by atoms with E-state index >= 15 is 26.3 Å². The van der Waals surface area contributed by atoms with Crippen molar-refractivity contribution in [3.8, 4) is 20.9 Å². The summed E-state index contributed by atoms with van der Waals surface area (Å²) in [5.74, 6) is -15.9. The first-order valence-corrected chi connectivity index (χ1v) is 19.9. The van der Waals surface area contributed by atoms with Crippen LogP contribution in [0.15, 0.2) is 84.9 Å². The van der Waals surface area contributed by atoms with Crippen molar-refractivity contribution in [1.29, 1.82) is 0 Å². The fourth-order valence-corrected chi connectivity index (χ4v) is 10.6. The van der Waals surface area contributed by atoms with Crippen molar-refractivity contribution in [3.05, 3.63) is 117 Å². The highest BCUT2D eigenvalue weighted by Crippen LogP contribution is 2.66. The molecule has 8 aromatic rings. The molecule has 280 valence electrons. The first kappa shape index (κ1) is 35.9. The standard InChI is InChI=1S/C45H36F6N2S2/c1-7-52-35-13-9-23(3)17-31(35)33-19-27(11-15-37(33)52)39-21-29(25(5)54-39)41-42(44(48,49)45(50,51)43(41,46)47)30-22-40(55-26(30)6)28-12-16-38-34(20-28)32-18-24(4)10-14-36(32)53(38)8-2/h9-22H,7-8H2,1-6H3. The lowest BCUT2D eigenvalue weighted by Gasteiger charge is -2.25. The number of fused-ring (bicyclic) bond motifs is 6. The second kappa shape index (κ2) is 12.1. The van der Waals surface area contributed by atoms with E-state index in [4.69, 9.17) is 0 Å². The van der Waals surface area contributed by atoms with Crippen LogP contribution >= 0.6 is 22.7 Å². The summed E-state index contributed by atoms with van der Waals surface area (Å²) >= 11 is 2.26. The molecule has 2 nitrogen and oxygen atoms in total. The molecule has 0 bridgehead atoms. The van der Waals surface area contributed by atoms with Crippen LogP contribution in [0.3, 0.4) is 0 Å². The molecule has 0 spiro atoms. The van der Waals surface area contributed by atoms with Crippen LogP contribution < -0.4 is 0 Å². The second-order valence-corrected chi connectivity index (χ2v) is 17.1. The number of alkyl halides is 6. The highest BCUT2D eigenvalue weighted by atomic mass is 32.1. The molecular weight excluding hydrogens is 747 g/mol. The minimum absolute atomic E-state index is 0.253. The zero-order valence-electron chi connectivity index (χ0n) is 31.0. The Kier molecular flexibility index (Phi) is 7.89. The SMILES string of the molecule is CCn1c2ccc(C)cc2c2cc(-c3cc(C4=C(c5cc(-c6ccc7c(c6)c6cc(C)ccc6n7CC)sc5C)C(F)(F)C(F)(F)C4(F)F)c(C)s3)ccc21. The lowest BCUT2D eigenvalue weighted by Crippen LogP contribution is -2.48. The van der Waals surface area contributed by atoms with Gasteiger partial charge in [0.25, 0.3) is 0 Å². The van der Waals surface area contributed by atoms with Gasteiger partial charge in [0.1, 0.15) is 0 Å². The Hall–Kier alpha value is -4.80. The van der Waals surface area contributed by atoms with Gasteiger partial charge in [0.15, 0.2) is 0 Å². The number of halogens is 6. The first-order chi connectivity index (χ1) is 26.1. The Morgan fingerprint density at radius 1 is 0.473 bits per heavy atom. The third-order valence-electron chi connectivity index (χ3n) is 11.3. The molecule has 4 aromatic heterocycles. The number of hydrogen-bond acceptors (Lipinski definition) is 2. The van der Waals surface area contributed by atoms with Crippen LogP contribution in [0.2, 0.25) is 0 Å². The van der Waals surface area contributed by atoms with Crippen LogP contribution in [0.25, 0.3) is 75.6 Å². The van der Waals surface area contributed by atoms with Crippen LogP contribution in [0.5, 0.6) is 0 Å². The van der Waals surface area contributed by atoms with Crippen molar-refractivity contribution < 1.29 is 26.3 Å². The van der Waals surface area contributed by atoms with Gasteiger partial charge in [-0.15, -0.1) is 22.7 Å². The molecule has 0 N–H and O–H groups in total. The van der Waals surface area contributed by atoms with Crippen molar-refractivity contribution >= 4 is 77.4 Å². The zero-order valence-corrected chi connectivity index (χ0v) is 32.6. The predicted molar refractivity (Wildman–Crippen MR) is 217 cm³/mol. The molecule has 0 fully saturated rings. The van der Waals surface area contributed by atoms with Gasteiger partial charge in [-0.05, 0) is 124 Å². The molecule has 0 amide bonds. The van der Waals surface area contributed by atoms with E-state index in [9.17, 15) is 0 Å². The molecule has 55 heavy (non-hydrogen) atoms. The van der Waals surface area contributed by atoms with Gasteiger partial charge >= 0.3 is 17.8 Å². The fourth-order valence-electron chi connectivity index (χ4n) is 8.60. The summed E-state index contributed by atoms with van der Waals surface area (Å²) in [4.78, 5) is 1.56. The Morgan fingerprint density at radius 3 is 1.18 bits per heavy atom. The topological polar surface area (TPSA) is 9.86 Å². The van der Waals surface area contributed by atoms with Crippen molar-refractivity contribution in [2.75, 3.05) is 0 Å². The normalized spacial score (nSPS) is 16.5. The minimum atomic E-state index is -5.65. The largest absolute Gasteiger partial charge is 0.380 e. The minimum Gasteiger partial charge on any atom is -0.341 e. The number of thiophene rings is 2. The summed E-state index contributed by atoms with van der Waals surface area (Å²) in [6.07, 6.45) is 0. The third kappa shape index (κ3) is 4.92. The summed E-state index contributed by atoms with van der Waals surface area (Å²) in [6, 6.07) is 26.8. The number of aromatic nitrogens is 2. The Balaban J connectivity index is 1.21. The van der Waals surface area contributed by atoms with Gasteiger partial charge in [-0.1, -0.05) is 35.4 Å². The Labute approximate surface area is 321 Å². The number of benzene rings is 4. The smallest absolute Gasteiger partial charge is 0.341 e. The van der Waals surface area contributed by atoms with E-state index in [-0.39, 0.29) is 20.9 Å². The van der Waals surface area contributed by atoms with Crippen LogP contribution in [0.4, 0.5) is 26.3 Å². The molecule has 1 aliphatic rings. The maximum absolute atomic E-state index is 16.1. The molecule has 0 radical (unpaired) electrons. The van der Waals surface area contributed by atoms with Crippen LogP contribution in [-0.4, -0.2) is 26.9 Å². The van der Waals surface area contributed by atoms with Gasteiger partial charge in [0.05, 0.1) is 0 Å². The van der Waals surface area contributed by atoms with Crippen molar-refractivity contribution in [1.82, 2.24) is 9.13 Å². The maximum atomic E-state index is 16.1. The average Bonchev–Trinajstić information content (AvgIpc) is 3.90. The van der Waals surface area contributed by atoms with Gasteiger partial charge in [-0.3, -0.25) is 0 Å². The highest BCUT2D eigenvalue weighted by Gasteiger charge is 2.80. The molecule has 0 atom stereocenters. The van der Waals surface area contributed by atoms with Gasteiger partial charge in [0.2, 0.25) is 0 Å². The van der Waals surface area contributed by atoms with E-state index < -0.39 is 28.9 Å². The van der Waals surface area contributed by atoms with Crippen LogP contribution in [0, 0.1) is 27.7 Å². The lowest BCUT2D eigenvalue weighted by molar-refractivity contribution is -0.254. The Bertz CT molecular complexity index is 2740. The predicted octanol–water partition coefficient (Wildman–Crippen LogP) is 14.5. The molecule has 0 saturated carbocycles. The van der Waals surface area contributed by atoms with Crippen molar-refractivity contribution in [2.45, 2.75) is 72.4 Å².